The number of fused-ring (bicyclic) bond motifs is 1. The number of hydrogen-bond donors (Lipinski definition) is 1. The Morgan fingerprint density at radius 1 is 1.30 bits per heavy atom. The van der Waals surface area contributed by atoms with Gasteiger partial charge in [0.2, 0.25) is 0 Å². The molecule has 2 heterocycles. The number of nitrogens with one attached hydrogen (secondary N) is 1. The quantitative estimate of drug-likeness (QED) is 0.816. The summed E-state index contributed by atoms with van der Waals surface area (Å²) in [4.78, 5) is 0. The molecule has 2 aromatic rings. The lowest BCUT2D eigenvalue weighted by Gasteiger charge is -2.15. The molecule has 1 aromatic carbocycles. The molecule has 0 fully saturated rings. The first-order valence-corrected chi connectivity index (χ1v) is 7.91. The standard InChI is InChI=1S/C14H13FN2O2S/c1-10-4-5-11(9-13(10)15)12-3-2-6-17-7-8-20(18,19)16-14(12)17/h2-6,9H,7-8H2,1H3/p+1. The van der Waals surface area contributed by atoms with Gasteiger partial charge in [-0.2, -0.15) is 13.1 Å². The number of halogens is 1. The molecule has 20 heavy (non-hydrogen) atoms. The van der Waals surface area contributed by atoms with E-state index in [9.17, 15) is 12.8 Å². The topological polar surface area (TPSA) is 50.1 Å². The van der Waals surface area contributed by atoms with Crippen molar-refractivity contribution in [1.29, 1.82) is 0 Å². The van der Waals surface area contributed by atoms with E-state index in [1.165, 1.54) is 6.07 Å². The van der Waals surface area contributed by atoms with E-state index >= 15 is 0 Å². The maximum atomic E-state index is 13.7. The minimum Gasteiger partial charge on any atom is -0.232 e. The van der Waals surface area contributed by atoms with Crippen molar-refractivity contribution in [2.45, 2.75) is 13.5 Å². The van der Waals surface area contributed by atoms with Gasteiger partial charge in [-0.05, 0) is 36.2 Å². The summed E-state index contributed by atoms with van der Waals surface area (Å²) in [6.45, 7) is 2.09. The molecule has 0 saturated carbocycles. The van der Waals surface area contributed by atoms with E-state index in [-0.39, 0.29) is 11.6 Å². The Labute approximate surface area is 116 Å². The fourth-order valence-corrected chi connectivity index (χ4v) is 3.32. The highest BCUT2D eigenvalue weighted by Gasteiger charge is 2.29. The minimum atomic E-state index is -3.31. The van der Waals surface area contributed by atoms with Crippen LogP contribution in [0.2, 0.25) is 0 Å². The lowest BCUT2D eigenvalue weighted by molar-refractivity contribution is -0.679. The van der Waals surface area contributed by atoms with Crippen LogP contribution in [0.1, 0.15) is 5.56 Å². The lowest BCUT2D eigenvalue weighted by atomic mass is 10.0. The fraction of sp³-hybridized carbons (Fsp3) is 0.214. The summed E-state index contributed by atoms with van der Waals surface area (Å²) < 4.78 is 41.5. The molecule has 4 nitrogen and oxygen atoms in total. The van der Waals surface area contributed by atoms with E-state index in [2.05, 4.69) is 4.72 Å². The number of sulfonamides is 1. The van der Waals surface area contributed by atoms with E-state index < -0.39 is 10.0 Å². The van der Waals surface area contributed by atoms with Gasteiger partial charge in [0.15, 0.2) is 0 Å². The Hall–Kier alpha value is -1.95. The van der Waals surface area contributed by atoms with Crippen molar-refractivity contribution in [2.24, 2.45) is 0 Å². The molecule has 1 aliphatic rings. The van der Waals surface area contributed by atoms with Crippen molar-refractivity contribution in [1.82, 2.24) is 0 Å². The van der Waals surface area contributed by atoms with Crippen LogP contribution < -0.4 is 9.29 Å². The minimum absolute atomic E-state index is 0.0520. The predicted octanol–water partition coefficient (Wildman–Crippen LogP) is 1.84. The van der Waals surface area contributed by atoms with Crippen molar-refractivity contribution in [3.63, 3.8) is 0 Å². The van der Waals surface area contributed by atoms with E-state index in [4.69, 9.17) is 0 Å². The van der Waals surface area contributed by atoms with Crippen LogP contribution in [0.25, 0.3) is 11.1 Å². The smallest absolute Gasteiger partial charge is 0.232 e. The molecule has 0 spiro atoms. The van der Waals surface area contributed by atoms with E-state index in [1.54, 1.807) is 25.1 Å². The third-order valence-electron chi connectivity index (χ3n) is 3.41. The van der Waals surface area contributed by atoms with Crippen LogP contribution in [0.15, 0.2) is 36.5 Å². The summed E-state index contributed by atoms with van der Waals surface area (Å²) in [6, 6.07) is 8.51. The third-order valence-corrected chi connectivity index (χ3v) is 4.63. The van der Waals surface area contributed by atoms with Crippen LogP contribution in [-0.2, 0) is 16.6 Å². The first kappa shape index (κ1) is 13.1. The molecule has 1 N–H and O–H groups in total. The third kappa shape index (κ3) is 2.27. The van der Waals surface area contributed by atoms with Crippen LogP contribution in [0.4, 0.5) is 10.2 Å². The van der Waals surface area contributed by atoms with Gasteiger partial charge in [-0.1, -0.05) is 12.1 Å². The average molecular weight is 293 g/mol. The van der Waals surface area contributed by atoms with E-state index in [1.807, 2.05) is 16.8 Å². The van der Waals surface area contributed by atoms with Crippen molar-refractivity contribution in [3.8, 4) is 11.1 Å². The number of anilines is 1. The second-order valence-corrected chi connectivity index (χ2v) is 6.69. The van der Waals surface area contributed by atoms with Gasteiger partial charge >= 0.3 is 10.0 Å². The number of aryl methyl sites for hydroxylation is 2. The maximum absolute atomic E-state index is 13.7. The van der Waals surface area contributed by atoms with Crippen LogP contribution in [0.5, 0.6) is 0 Å². The Bertz CT molecular complexity index is 788. The largest absolute Gasteiger partial charge is 0.302 e. The summed E-state index contributed by atoms with van der Waals surface area (Å²) >= 11 is 0. The molecular weight excluding hydrogens is 279 g/mol. The number of pyridine rings is 1. The second-order valence-electron chi connectivity index (χ2n) is 4.85. The Morgan fingerprint density at radius 2 is 2.10 bits per heavy atom. The zero-order chi connectivity index (χ0) is 14.3. The Balaban J connectivity index is 2.18. The van der Waals surface area contributed by atoms with Gasteiger partial charge in [-0.25, -0.2) is 8.96 Å². The highest BCUT2D eigenvalue weighted by atomic mass is 32.2. The van der Waals surface area contributed by atoms with Crippen LogP contribution in [0.3, 0.4) is 0 Å². The molecule has 0 saturated heterocycles. The zero-order valence-electron chi connectivity index (χ0n) is 10.9. The molecule has 1 aliphatic heterocycles. The average Bonchev–Trinajstić information content (AvgIpc) is 2.40. The van der Waals surface area contributed by atoms with Gasteiger partial charge in [0.05, 0.1) is 11.8 Å². The molecule has 0 unspecified atom stereocenters. The monoisotopic (exact) mass is 293 g/mol. The van der Waals surface area contributed by atoms with Crippen molar-refractivity contribution < 1.29 is 17.4 Å². The van der Waals surface area contributed by atoms with Crippen LogP contribution in [-0.4, -0.2) is 14.2 Å². The number of aromatic nitrogens is 1. The molecular formula is C14H14FN2O2S+. The second kappa shape index (κ2) is 4.56. The molecule has 0 bridgehead atoms. The first-order valence-electron chi connectivity index (χ1n) is 6.26. The maximum Gasteiger partial charge on any atom is 0.302 e. The highest BCUT2D eigenvalue weighted by Crippen LogP contribution is 2.28. The predicted molar refractivity (Wildman–Crippen MR) is 74.2 cm³/mol. The summed E-state index contributed by atoms with van der Waals surface area (Å²) in [5, 5.41) is 0. The van der Waals surface area contributed by atoms with E-state index in [0.717, 1.165) is 0 Å². The Morgan fingerprint density at radius 3 is 2.85 bits per heavy atom. The van der Waals surface area contributed by atoms with Crippen LogP contribution in [0, 0.1) is 12.7 Å². The molecule has 3 rings (SSSR count). The van der Waals surface area contributed by atoms with Gasteiger partial charge in [0.1, 0.15) is 18.1 Å². The molecule has 0 amide bonds. The van der Waals surface area contributed by atoms with Crippen LogP contribution >= 0.6 is 0 Å². The normalized spacial score (nSPS) is 16.3. The first-order chi connectivity index (χ1) is 9.46. The summed E-state index contributed by atoms with van der Waals surface area (Å²) in [6.07, 6.45) is 1.81. The van der Waals surface area contributed by atoms with E-state index in [0.29, 0.717) is 29.1 Å². The molecule has 0 atom stereocenters. The molecule has 0 aliphatic carbocycles. The summed E-state index contributed by atoms with van der Waals surface area (Å²) in [5.74, 6) is 0.238. The fourth-order valence-electron chi connectivity index (χ4n) is 2.26. The van der Waals surface area contributed by atoms with Gasteiger partial charge < -0.3 is 0 Å². The molecule has 1 aromatic heterocycles. The molecule has 6 heteroatoms. The number of benzene rings is 1. The lowest BCUT2D eigenvalue weighted by Crippen LogP contribution is -2.47. The SMILES string of the molecule is Cc1ccc(-c2ccc[n+]3c2NS(=O)(=O)CC3)cc1F. The van der Waals surface area contributed by atoms with Gasteiger partial charge in [0, 0.05) is 0 Å². The van der Waals surface area contributed by atoms with Crippen molar-refractivity contribution in [2.75, 3.05) is 10.5 Å². The highest BCUT2D eigenvalue weighted by molar-refractivity contribution is 7.92. The molecule has 104 valence electrons. The Kier molecular flexibility index (Phi) is 2.97. The summed E-state index contributed by atoms with van der Waals surface area (Å²) in [5.41, 5.74) is 1.89. The van der Waals surface area contributed by atoms with Crippen molar-refractivity contribution in [3.05, 3.63) is 47.9 Å². The number of nitrogens with zero attached hydrogens (tertiary/aromatic N) is 1. The van der Waals surface area contributed by atoms with Gasteiger partial charge in [0.25, 0.3) is 5.82 Å². The van der Waals surface area contributed by atoms with Crippen molar-refractivity contribution >= 4 is 15.8 Å². The number of rotatable bonds is 1. The summed E-state index contributed by atoms with van der Waals surface area (Å²) in [7, 11) is -3.31. The van der Waals surface area contributed by atoms with Gasteiger partial charge in [-0.15, -0.1) is 0 Å². The molecule has 0 radical (unpaired) electrons. The number of hydrogen-bond acceptors (Lipinski definition) is 2. The zero-order valence-corrected chi connectivity index (χ0v) is 11.7. The van der Waals surface area contributed by atoms with Gasteiger partial charge in [-0.3, -0.25) is 0 Å².